The molecule has 0 amide bonds. The second-order valence-corrected chi connectivity index (χ2v) is 10.7. The first kappa shape index (κ1) is 26.5. The summed E-state index contributed by atoms with van der Waals surface area (Å²) in [6.07, 6.45) is 4.02. The lowest BCUT2D eigenvalue weighted by molar-refractivity contribution is 0.305. The van der Waals surface area contributed by atoms with E-state index in [9.17, 15) is 13.7 Å². The highest BCUT2D eigenvalue weighted by molar-refractivity contribution is 7.91. The maximum atomic E-state index is 11.2. The van der Waals surface area contributed by atoms with Crippen LogP contribution in [-0.2, 0) is 22.0 Å². The Bertz CT molecular complexity index is 1320. The van der Waals surface area contributed by atoms with Crippen LogP contribution in [0.15, 0.2) is 48.8 Å². The Morgan fingerprint density at radius 2 is 1.74 bits per heavy atom. The summed E-state index contributed by atoms with van der Waals surface area (Å²) >= 11 is 12.1. The number of nitriles is 1. The van der Waals surface area contributed by atoms with Gasteiger partial charge in [0.2, 0.25) is 16.0 Å². The number of alkyl halides is 1. The van der Waals surface area contributed by atoms with Crippen molar-refractivity contribution in [3.63, 3.8) is 0 Å². The summed E-state index contributed by atoms with van der Waals surface area (Å²) in [5, 5.41) is 9.94. The summed E-state index contributed by atoms with van der Waals surface area (Å²) in [4.78, 5) is 7.94. The van der Waals surface area contributed by atoms with E-state index in [0.717, 1.165) is 17.4 Å². The van der Waals surface area contributed by atoms with Gasteiger partial charge in [0, 0.05) is 23.4 Å². The maximum Gasteiger partial charge on any atom is 0.236 e. The maximum absolute atomic E-state index is 11.2. The number of benzene rings is 2. The molecule has 0 unspecified atom stereocenters. The lowest BCUT2D eigenvalue weighted by atomic mass is 9.77. The quantitative estimate of drug-likeness (QED) is 0.368. The van der Waals surface area contributed by atoms with Gasteiger partial charge in [0.1, 0.15) is 25.0 Å². The van der Waals surface area contributed by atoms with E-state index in [0.29, 0.717) is 33.5 Å². The molecule has 3 rings (SSSR count). The third kappa shape index (κ3) is 6.98. The van der Waals surface area contributed by atoms with Crippen LogP contribution in [0.25, 0.3) is 0 Å². The zero-order chi connectivity index (χ0) is 25.6. The van der Waals surface area contributed by atoms with Crippen LogP contribution in [0, 0.1) is 11.3 Å². The molecular weight excluding hydrogens is 511 g/mol. The van der Waals surface area contributed by atoms with Crippen LogP contribution in [0.4, 0.5) is 5.95 Å². The number of nitrogens with one attached hydrogen (secondary N) is 1. The van der Waals surface area contributed by atoms with E-state index < -0.39 is 15.4 Å². The molecule has 35 heavy (non-hydrogen) atoms. The van der Waals surface area contributed by atoms with E-state index in [2.05, 4.69) is 20.8 Å². The molecular formula is C24H24Cl2N4O4S. The van der Waals surface area contributed by atoms with Gasteiger partial charge in [-0.1, -0.05) is 37.6 Å². The molecule has 0 radical (unpaired) electrons. The minimum atomic E-state index is -3.43. The Hall–Kier alpha value is -3.06. The standard InChI is InChI=1S/C24H24Cl2N4O4S/c1-24(2,19-10-17(12-27)22(21(26)11-19)33-9-8-25)18-4-6-20(7-5-18)34-15-16-13-28-23(29-14-16)30-35(3,31)32/h4-7,10-11,13-14H,8-9,15H2,1-3H3,(H,28,29,30). The van der Waals surface area contributed by atoms with Crippen LogP contribution >= 0.6 is 23.2 Å². The molecule has 3 aromatic rings. The van der Waals surface area contributed by atoms with Gasteiger partial charge in [-0.05, 0) is 35.4 Å². The molecule has 184 valence electrons. The molecule has 1 heterocycles. The summed E-state index contributed by atoms with van der Waals surface area (Å²) < 4.78 is 36.0. The number of rotatable bonds is 10. The van der Waals surface area contributed by atoms with Crippen LogP contribution in [0.2, 0.25) is 5.02 Å². The van der Waals surface area contributed by atoms with Gasteiger partial charge in [0.25, 0.3) is 0 Å². The van der Waals surface area contributed by atoms with Gasteiger partial charge >= 0.3 is 0 Å². The monoisotopic (exact) mass is 534 g/mol. The molecule has 1 N–H and O–H groups in total. The number of hydrogen-bond donors (Lipinski definition) is 1. The third-order valence-electron chi connectivity index (χ3n) is 5.17. The summed E-state index contributed by atoms with van der Waals surface area (Å²) in [5.41, 5.74) is 2.45. The molecule has 0 bridgehead atoms. The largest absolute Gasteiger partial charge is 0.489 e. The van der Waals surface area contributed by atoms with Crippen LogP contribution < -0.4 is 14.2 Å². The second-order valence-electron chi connectivity index (χ2n) is 8.21. The van der Waals surface area contributed by atoms with E-state index in [1.165, 1.54) is 12.4 Å². The highest BCUT2D eigenvalue weighted by Gasteiger charge is 2.26. The van der Waals surface area contributed by atoms with Crippen molar-refractivity contribution in [1.29, 1.82) is 5.26 Å². The number of aromatic nitrogens is 2. The number of nitrogens with zero attached hydrogens (tertiary/aromatic N) is 3. The normalized spacial score (nSPS) is 11.5. The van der Waals surface area contributed by atoms with Crippen LogP contribution in [0.1, 0.15) is 36.1 Å². The van der Waals surface area contributed by atoms with E-state index >= 15 is 0 Å². The second kappa shape index (κ2) is 11.1. The zero-order valence-corrected chi connectivity index (χ0v) is 21.7. The average Bonchev–Trinajstić information content (AvgIpc) is 2.81. The molecule has 0 atom stereocenters. The van der Waals surface area contributed by atoms with Gasteiger partial charge in [0.05, 0.1) is 22.7 Å². The van der Waals surface area contributed by atoms with Crippen molar-refractivity contribution in [2.24, 2.45) is 0 Å². The highest BCUT2D eigenvalue weighted by atomic mass is 35.5. The molecule has 0 saturated heterocycles. The highest BCUT2D eigenvalue weighted by Crippen LogP contribution is 2.38. The van der Waals surface area contributed by atoms with Crippen molar-refractivity contribution in [1.82, 2.24) is 9.97 Å². The molecule has 0 saturated carbocycles. The molecule has 0 spiro atoms. The van der Waals surface area contributed by atoms with Gasteiger partial charge in [-0.15, -0.1) is 11.6 Å². The first-order chi connectivity index (χ1) is 16.5. The predicted molar refractivity (Wildman–Crippen MR) is 136 cm³/mol. The first-order valence-electron chi connectivity index (χ1n) is 10.5. The molecule has 1 aromatic heterocycles. The number of halogens is 2. The Morgan fingerprint density at radius 1 is 1.09 bits per heavy atom. The van der Waals surface area contributed by atoms with E-state index in [4.69, 9.17) is 32.7 Å². The molecule has 0 aliphatic carbocycles. The fourth-order valence-corrected chi connectivity index (χ4v) is 4.06. The van der Waals surface area contributed by atoms with Gasteiger partial charge in [0.15, 0.2) is 5.75 Å². The summed E-state index contributed by atoms with van der Waals surface area (Å²) in [5.74, 6) is 1.27. The molecule has 0 aliphatic rings. The lowest BCUT2D eigenvalue weighted by Gasteiger charge is -2.27. The summed E-state index contributed by atoms with van der Waals surface area (Å²) in [6.45, 7) is 4.55. The molecule has 8 nitrogen and oxygen atoms in total. The van der Waals surface area contributed by atoms with Gasteiger partial charge < -0.3 is 9.47 Å². The van der Waals surface area contributed by atoms with Gasteiger partial charge in [-0.3, -0.25) is 4.72 Å². The molecule has 0 fully saturated rings. The van der Waals surface area contributed by atoms with Crippen molar-refractivity contribution in [2.75, 3.05) is 23.5 Å². The van der Waals surface area contributed by atoms with Gasteiger partial charge in [-0.2, -0.15) is 5.26 Å². The Balaban J connectivity index is 1.72. The van der Waals surface area contributed by atoms with Crippen molar-refractivity contribution < 1.29 is 17.9 Å². The lowest BCUT2D eigenvalue weighted by Crippen LogP contribution is -2.19. The smallest absolute Gasteiger partial charge is 0.236 e. The van der Waals surface area contributed by atoms with Crippen molar-refractivity contribution in [2.45, 2.75) is 25.9 Å². The Labute approximate surface area is 214 Å². The first-order valence-corrected chi connectivity index (χ1v) is 13.3. The molecule has 11 heteroatoms. The van der Waals surface area contributed by atoms with Gasteiger partial charge in [-0.25, -0.2) is 18.4 Å². The van der Waals surface area contributed by atoms with Crippen LogP contribution in [0.3, 0.4) is 0 Å². The minimum Gasteiger partial charge on any atom is -0.489 e. The number of hydrogen-bond acceptors (Lipinski definition) is 7. The average molecular weight is 535 g/mol. The van der Waals surface area contributed by atoms with E-state index in [1.54, 1.807) is 12.1 Å². The predicted octanol–water partition coefficient (Wildman–Crippen LogP) is 4.90. The number of anilines is 1. The zero-order valence-electron chi connectivity index (χ0n) is 19.4. The van der Waals surface area contributed by atoms with Crippen LogP contribution in [0.5, 0.6) is 11.5 Å². The van der Waals surface area contributed by atoms with Crippen LogP contribution in [-0.4, -0.2) is 37.1 Å². The Kier molecular flexibility index (Phi) is 8.43. The van der Waals surface area contributed by atoms with E-state index in [-0.39, 0.29) is 19.2 Å². The number of ether oxygens (including phenoxy) is 2. The number of sulfonamides is 1. The minimum absolute atomic E-state index is 0.00105. The fraction of sp³-hybridized carbons (Fsp3) is 0.292. The third-order valence-corrected chi connectivity index (χ3v) is 6.16. The SMILES string of the molecule is CC(C)(c1ccc(OCc2cnc(NS(C)(=O)=O)nc2)cc1)c1cc(Cl)c(OCCCl)c(C#N)c1. The molecule has 2 aromatic carbocycles. The van der Waals surface area contributed by atoms with E-state index in [1.807, 2.05) is 38.1 Å². The van der Waals surface area contributed by atoms with Crippen molar-refractivity contribution in [3.8, 4) is 17.6 Å². The summed E-state index contributed by atoms with van der Waals surface area (Å²) in [7, 11) is -3.43. The molecule has 0 aliphatic heterocycles. The fourth-order valence-electron chi connectivity index (χ4n) is 3.27. The topological polar surface area (TPSA) is 114 Å². The Morgan fingerprint density at radius 3 is 2.31 bits per heavy atom. The van der Waals surface area contributed by atoms with Crippen molar-refractivity contribution >= 4 is 39.2 Å². The summed E-state index contributed by atoms with van der Waals surface area (Å²) in [6, 6.07) is 13.3. The van der Waals surface area contributed by atoms with Crippen molar-refractivity contribution in [3.05, 3.63) is 76.1 Å².